The van der Waals surface area contributed by atoms with Crippen LogP contribution in [0.15, 0.2) is 47.1 Å². The van der Waals surface area contributed by atoms with Crippen LogP contribution in [0.5, 0.6) is 5.75 Å². The molecule has 2 aromatic rings. The maximum absolute atomic E-state index is 12.7. The summed E-state index contributed by atoms with van der Waals surface area (Å²) in [4.78, 5) is 12.9. The minimum Gasteiger partial charge on any atom is -0.467 e. The molecule has 2 rings (SSSR count). The number of hydrogen-bond donors (Lipinski definition) is 0. The maximum atomic E-state index is 12.7. The number of halogens is 5. The molecule has 0 aliphatic carbocycles. The maximum Gasteiger partial charge on any atom is 0.406 e. The lowest BCUT2D eigenvalue weighted by Gasteiger charge is -2.24. The van der Waals surface area contributed by atoms with Crippen LogP contribution in [0.25, 0.3) is 0 Å². The van der Waals surface area contributed by atoms with E-state index in [1.165, 1.54) is 30.5 Å². The molecule has 0 bridgehead atoms. The van der Waals surface area contributed by atoms with Gasteiger partial charge in [0.25, 0.3) is 5.91 Å². The van der Waals surface area contributed by atoms with E-state index in [1.54, 1.807) is 0 Å². The van der Waals surface area contributed by atoms with Gasteiger partial charge >= 0.3 is 12.8 Å². The zero-order valence-corrected chi connectivity index (χ0v) is 12.1. The Morgan fingerprint density at radius 3 is 2.46 bits per heavy atom. The van der Waals surface area contributed by atoms with E-state index in [9.17, 15) is 26.7 Å². The molecule has 0 N–H and O–H groups in total. The van der Waals surface area contributed by atoms with Crippen molar-refractivity contribution in [1.82, 2.24) is 4.90 Å². The van der Waals surface area contributed by atoms with Gasteiger partial charge in [-0.1, -0.05) is 12.1 Å². The van der Waals surface area contributed by atoms with E-state index in [4.69, 9.17) is 4.42 Å². The number of rotatable bonds is 6. The third-order valence-corrected chi connectivity index (χ3v) is 2.92. The average Bonchev–Trinajstić information content (AvgIpc) is 2.97. The van der Waals surface area contributed by atoms with Crippen LogP contribution in [-0.4, -0.2) is 30.1 Å². The topological polar surface area (TPSA) is 42.7 Å². The average molecular weight is 349 g/mol. The fourth-order valence-corrected chi connectivity index (χ4v) is 2.02. The Labute approximate surface area is 133 Å². The molecule has 1 heterocycles. The third kappa shape index (κ3) is 4.97. The van der Waals surface area contributed by atoms with Crippen molar-refractivity contribution in [3.8, 4) is 5.75 Å². The number of hydrogen-bond acceptors (Lipinski definition) is 3. The van der Waals surface area contributed by atoms with Crippen molar-refractivity contribution < 1.29 is 35.9 Å². The molecular formula is C15H12F5NO3. The quantitative estimate of drug-likeness (QED) is 0.738. The van der Waals surface area contributed by atoms with Gasteiger partial charge in [-0.15, -0.1) is 0 Å². The van der Waals surface area contributed by atoms with Gasteiger partial charge in [0.05, 0.1) is 18.4 Å². The number of carbonyl (C=O) groups excluding carboxylic acids is 1. The van der Waals surface area contributed by atoms with Crippen molar-refractivity contribution in [2.24, 2.45) is 0 Å². The number of nitrogens with zero attached hydrogens (tertiary/aromatic N) is 1. The zero-order valence-electron chi connectivity index (χ0n) is 12.1. The summed E-state index contributed by atoms with van der Waals surface area (Å²) in [6, 6.07) is 7.72. The van der Waals surface area contributed by atoms with E-state index in [1.807, 2.05) is 0 Å². The molecule has 24 heavy (non-hydrogen) atoms. The second-order valence-electron chi connectivity index (χ2n) is 4.73. The Hall–Kier alpha value is -2.58. The summed E-state index contributed by atoms with van der Waals surface area (Å²) in [5.41, 5.74) is -0.395. The molecule has 4 nitrogen and oxygen atoms in total. The normalized spacial score (nSPS) is 11.6. The number of ether oxygens (including phenoxy) is 1. The van der Waals surface area contributed by atoms with E-state index in [2.05, 4.69) is 4.74 Å². The molecule has 1 aromatic heterocycles. The van der Waals surface area contributed by atoms with E-state index in [-0.39, 0.29) is 5.76 Å². The number of benzene rings is 1. The largest absolute Gasteiger partial charge is 0.467 e. The minimum atomic E-state index is -4.67. The van der Waals surface area contributed by atoms with Crippen molar-refractivity contribution in [3.05, 3.63) is 54.0 Å². The Bertz CT molecular complexity index is 670. The molecule has 0 saturated carbocycles. The lowest BCUT2D eigenvalue weighted by molar-refractivity contribution is -0.142. The highest BCUT2D eigenvalue weighted by molar-refractivity contribution is 5.96. The number of para-hydroxylation sites is 1. The van der Waals surface area contributed by atoms with E-state index < -0.39 is 43.1 Å². The van der Waals surface area contributed by atoms with Gasteiger partial charge in [0.1, 0.15) is 18.1 Å². The van der Waals surface area contributed by atoms with Crippen molar-refractivity contribution in [2.75, 3.05) is 6.54 Å². The monoisotopic (exact) mass is 349 g/mol. The van der Waals surface area contributed by atoms with Crippen LogP contribution in [0.4, 0.5) is 22.0 Å². The van der Waals surface area contributed by atoms with Gasteiger partial charge in [0.2, 0.25) is 0 Å². The molecule has 1 amide bonds. The predicted molar refractivity (Wildman–Crippen MR) is 72.6 cm³/mol. The molecule has 0 aliphatic heterocycles. The number of alkyl halides is 5. The fourth-order valence-electron chi connectivity index (χ4n) is 2.02. The summed E-state index contributed by atoms with van der Waals surface area (Å²) in [7, 11) is 0. The lowest BCUT2D eigenvalue weighted by Crippen LogP contribution is -2.38. The number of carbonyl (C=O) groups is 1. The highest BCUT2D eigenvalue weighted by atomic mass is 19.4. The van der Waals surface area contributed by atoms with Gasteiger partial charge in [-0.25, -0.2) is 0 Å². The molecule has 0 unspecified atom stereocenters. The number of furan rings is 1. The Balaban J connectivity index is 2.30. The summed E-state index contributed by atoms with van der Waals surface area (Å²) >= 11 is 0. The molecule has 9 heteroatoms. The number of amides is 1. The first-order chi connectivity index (χ1) is 11.3. The van der Waals surface area contributed by atoms with Crippen LogP contribution in [0.2, 0.25) is 0 Å². The summed E-state index contributed by atoms with van der Waals surface area (Å²) in [5, 5.41) is 0. The Morgan fingerprint density at radius 2 is 1.88 bits per heavy atom. The summed E-state index contributed by atoms with van der Waals surface area (Å²) in [6.45, 7) is -5.23. The Kier molecular flexibility index (Phi) is 5.42. The molecule has 0 radical (unpaired) electrons. The molecule has 130 valence electrons. The third-order valence-electron chi connectivity index (χ3n) is 2.92. The van der Waals surface area contributed by atoms with Gasteiger partial charge in [-0.05, 0) is 24.3 Å². The van der Waals surface area contributed by atoms with E-state index in [0.29, 0.717) is 4.90 Å². The van der Waals surface area contributed by atoms with Crippen LogP contribution in [0.3, 0.4) is 0 Å². The second kappa shape index (κ2) is 7.33. The van der Waals surface area contributed by atoms with Crippen LogP contribution >= 0.6 is 0 Å². The molecule has 0 aliphatic rings. The van der Waals surface area contributed by atoms with E-state index in [0.717, 1.165) is 12.1 Å². The molecule has 0 atom stereocenters. The Morgan fingerprint density at radius 1 is 1.17 bits per heavy atom. The van der Waals surface area contributed by atoms with Gasteiger partial charge < -0.3 is 14.1 Å². The molecule has 0 fully saturated rings. The van der Waals surface area contributed by atoms with Crippen molar-refractivity contribution in [2.45, 2.75) is 19.3 Å². The van der Waals surface area contributed by atoms with Crippen LogP contribution in [-0.2, 0) is 6.54 Å². The SMILES string of the molecule is O=C(c1ccccc1OC(F)F)N(Cc1ccco1)CC(F)(F)F. The van der Waals surface area contributed by atoms with Crippen molar-refractivity contribution >= 4 is 5.91 Å². The van der Waals surface area contributed by atoms with Gasteiger partial charge in [-0.3, -0.25) is 4.79 Å². The first-order valence-corrected chi connectivity index (χ1v) is 6.68. The summed E-state index contributed by atoms with van der Waals surface area (Å²) < 4.78 is 72.2. The highest BCUT2D eigenvalue weighted by Gasteiger charge is 2.34. The van der Waals surface area contributed by atoms with Crippen LogP contribution < -0.4 is 4.74 Å². The lowest BCUT2D eigenvalue weighted by atomic mass is 10.1. The smallest absolute Gasteiger partial charge is 0.406 e. The van der Waals surface area contributed by atoms with E-state index >= 15 is 0 Å². The molecule has 0 spiro atoms. The van der Waals surface area contributed by atoms with Gasteiger partial charge in [0, 0.05) is 0 Å². The first-order valence-electron chi connectivity index (χ1n) is 6.68. The summed E-state index contributed by atoms with van der Waals surface area (Å²) in [6.07, 6.45) is -3.42. The predicted octanol–water partition coefficient (Wildman–Crippen LogP) is 4.09. The van der Waals surface area contributed by atoms with Crippen molar-refractivity contribution in [3.63, 3.8) is 0 Å². The van der Waals surface area contributed by atoms with Gasteiger partial charge in [-0.2, -0.15) is 22.0 Å². The molecular weight excluding hydrogens is 337 g/mol. The van der Waals surface area contributed by atoms with Gasteiger partial charge in [0.15, 0.2) is 0 Å². The fraction of sp³-hybridized carbons (Fsp3) is 0.267. The molecule has 0 saturated heterocycles. The second-order valence-corrected chi connectivity index (χ2v) is 4.73. The zero-order chi connectivity index (χ0) is 17.7. The van der Waals surface area contributed by atoms with Crippen LogP contribution in [0, 0.1) is 0 Å². The minimum absolute atomic E-state index is 0.125. The first kappa shape index (κ1) is 17.8. The summed E-state index contributed by atoms with van der Waals surface area (Å²) in [5.74, 6) is -1.47. The standard InChI is InChI=1S/C15H12F5NO3/c16-14(17)24-12-6-2-1-5-11(12)13(22)21(9-15(18,19)20)8-10-4-3-7-23-10/h1-7,14H,8-9H2. The van der Waals surface area contributed by atoms with Crippen LogP contribution in [0.1, 0.15) is 16.1 Å². The van der Waals surface area contributed by atoms with Crippen molar-refractivity contribution in [1.29, 1.82) is 0 Å². The highest BCUT2D eigenvalue weighted by Crippen LogP contribution is 2.25. The molecule has 1 aromatic carbocycles.